The van der Waals surface area contributed by atoms with Gasteiger partial charge in [-0.05, 0) is 68.2 Å². The van der Waals surface area contributed by atoms with E-state index in [0.29, 0.717) is 25.9 Å². The SMILES string of the molecule is C=CCN(CCCN(C/C=C/CN(CCCN(CC=C)P(=O)(OCC)OCC)P(=O)(OCC)OCC)P(=O)(OCC)OCC)P(=O)(OCC)OCC. The average Bonchev–Trinajstić information content (AvgIpc) is 3.08. The zero-order valence-electron chi connectivity index (χ0n) is 32.9. The van der Waals surface area contributed by atoms with Gasteiger partial charge in [-0.3, -0.25) is 36.2 Å². The largest absolute Gasteiger partial charge is 0.408 e. The van der Waals surface area contributed by atoms with Crippen LogP contribution in [0.1, 0.15) is 68.2 Å². The van der Waals surface area contributed by atoms with Crippen molar-refractivity contribution >= 4 is 31.0 Å². The van der Waals surface area contributed by atoms with Crippen LogP contribution in [-0.2, 0) is 54.5 Å². The molecule has 0 aliphatic heterocycles. The van der Waals surface area contributed by atoms with Crippen LogP contribution in [0.2, 0.25) is 0 Å². The van der Waals surface area contributed by atoms with E-state index in [1.54, 1.807) is 98.4 Å². The Balaban J connectivity index is 6.24. The maximum Gasteiger partial charge on any atom is 0.408 e. The lowest BCUT2D eigenvalue weighted by Crippen LogP contribution is -2.30. The van der Waals surface area contributed by atoms with Crippen LogP contribution in [-0.4, -0.2) is 124 Å². The second kappa shape index (κ2) is 29.0. The first-order chi connectivity index (χ1) is 24.8. The predicted molar refractivity (Wildman–Crippen MR) is 208 cm³/mol. The van der Waals surface area contributed by atoms with Crippen molar-refractivity contribution in [2.24, 2.45) is 0 Å². The van der Waals surface area contributed by atoms with Gasteiger partial charge < -0.3 is 0 Å². The van der Waals surface area contributed by atoms with Gasteiger partial charge in [-0.1, -0.05) is 24.3 Å². The first-order valence-electron chi connectivity index (χ1n) is 18.3. The minimum absolute atomic E-state index is 0.159. The average molecular weight is 825 g/mol. The van der Waals surface area contributed by atoms with E-state index in [1.165, 1.54) is 0 Å². The van der Waals surface area contributed by atoms with Crippen LogP contribution >= 0.6 is 31.0 Å². The second-order valence-electron chi connectivity index (χ2n) is 10.6. The summed E-state index contributed by atoms with van der Waals surface area (Å²) >= 11 is 0. The Morgan fingerprint density at radius 3 is 0.750 bits per heavy atom. The van der Waals surface area contributed by atoms with Gasteiger partial charge in [-0.15, -0.1) is 13.2 Å². The molecule has 0 N–H and O–H groups in total. The van der Waals surface area contributed by atoms with Gasteiger partial charge in [0, 0.05) is 52.4 Å². The molecule has 16 nitrogen and oxygen atoms in total. The van der Waals surface area contributed by atoms with Crippen molar-refractivity contribution in [2.75, 3.05) is 105 Å². The first kappa shape index (κ1) is 51.7. The zero-order chi connectivity index (χ0) is 39.5. The highest BCUT2D eigenvalue weighted by Gasteiger charge is 2.37. The van der Waals surface area contributed by atoms with Crippen LogP contribution in [0.5, 0.6) is 0 Å². The van der Waals surface area contributed by atoms with Crippen LogP contribution in [0.15, 0.2) is 37.5 Å². The van der Waals surface area contributed by atoms with Gasteiger partial charge in [0.1, 0.15) is 0 Å². The van der Waals surface area contributed by atoms with E-state index in [0.717, 1.165) is 0 Å². The lowest BCUT2D eigenvalue weighted by molar-refractivity contribution is 0.159. The van der Waals surface area contributed by atoms with Gasteiger partial charge in [0.15, 0.2) is 0 Å². The van der Waals surface area contributed by atoms with Gasteiger partial charge in [-0.2, -0.15) is 0 Å². The van der Waals surface area contributed by atoms with E-state index >= 15 is 0 Å². The summed E-state index contributed by atoms with van der Waals surface area (Å²) in [5.74, 6) is 0. The quantitative estimate of drug-likeness (QED) is 0.0437. The molecule has 0 aromatic rings. The molecular weight excluding hydrogens is 756 g/mol. The first-order valence-corrected chi connectivity index (χ1v) is 24.3. The third-order valence-electron chi connectivity index (χ3n) is 6.87. The Hall–Kier alpha value is -0.340. The molecule has 0 aromatic heterocycles. The Kier molecular flexibility index (Phi) is 28.8. The van der Waals surface area contributed by atoms with Crippen molar-refractivity contribution in [3.05, 3.63) is 37.5 Å². The minimum Gasteiger partial charge on any atom is -0.297 e. The Morgan fingerprint density at radius 1 is 0.385 bits per heavy atom. The van der Waals surface area contributed by atoms with Crippen molar-refractivity contribution in [1.29, 1.82) is 0 Å². The van der Waals surface area contributed by atoms with Crippen molar-refractivity contribution in [3.63, 3.8) is 0 Å². The van der Waals surface area contributed by atoms with E-state index in [2.05, 4.69) is 13.2 Å². The van der Waals surface area contributed by atoms with E-state index in [4.69, 9.17) is 36.2 Å². The topological polar surface area (TPSA) is 155 Å². The molecule has 0 radical (unpaired) electrons. The number of rotatable bonds is 36. The highest BCUT2D eigenvalue weighted by Crippen LogP contribution is 2.55. The highest BCUT2D eigenvalue weighted by molar-refractivity contribution is 7.52. The molecule has 308 valence electrons. The van der Waals surface area contributed by atoms with Gasteiger partial charge in [-0.25, -0.2) is 36.9 Å². The standard InChI is InChI=1S/C32H68N4O12P4/c1-11-25-33(49(37,41-13-3)42-14-4)29-23-31-35(51(39,45-17-7)46-18-8)27-21-22-28-36(52(40,47-19-9)48-20-10)32-24-30-34(26-12-2)50(38,43-15-5)44-16-6/h11-12,21-22H,1-2,13-20,23-32H2,3-10H3/b22-21+. The van der Waals surface area contributed by atoms with Crippen LogP contribution in [0, 0.1) is 0 Å². The molecule has 0 fully saturated rings. The molecule has 20 heteroatoms. The summed E-state index contributed by atoms with van der Waals surface area (Å²) in [6.45, 7) is 24.9. The molecule has 0 atom stereocenters. The molecule has 0 spiro atoms. The molecule has 0 unspecified atom stereocenters. The van der Waals surface area contributed by atoms with Gasteiger partial charge in [0.25, 0.3) is 0 Å². The van der Waals surface area contributed by atoms with Crippen molar-refractivity contribution in [1.82, 2.24) is 18.7 Å². The molecule has 0 aliphatic carbocycles. The fourth-order valence-electron chi connectivity index (χ4n) is 4.92. The molecule has 0 bridgehead atoms. The Bertz CT molecular complexity index is 1070. The van der Waals surface area contributed by atoms with E-state index in [1.807, 2.05) is 0 Å². The normalized spacial score (nSPS) is 13.4. The summed E-state index contributed by atoms with van der Waals surface area (Å²) in [5, 5.41) is 0. The number of hydrogen-bond donors (Lipinski definition) is 0. The summed E-state index contributed by atoms with van der Waals surface area (Å²) in [5.41, 5.74) is 0. The predicted octanol–water partition coefficient (Wildman–Crippen LogP) is 8.63. The van der Waals surface area contributed by atoms with Crippen LogP contribution < -0.4 is 0 Å². The van der Waals surface area contributed by atoms with E-state index in [9.17, 15) is 18.3 Å². The third-order valence-corrected chi connectivity index (χ3v) is 15.8. The van der Waals surface area contributed by atoms with Crippen LogP contribution in [0.25, 0.3) is 0 Å². The summed E-state index contributed by atoms with van der Waals surface area (Å²) in [7, 11) is -14.6. The zero-order valence-corrected chi connectivity index (χ0v) is 36.5. The molecule has 0 saturated carbocycles. The lowest BCUT2D eigenvalue weighted by atomic mass is 10.4. The molecule has 0 saturated heterocycles. The minimum atomic E-state index is -3.72. The maximum absolute atomic E-state index is 14.0. The summed E-state index contributed by atoms with van der Waals surface area (Å²) in [4.78, 5) is 0. The molecule has 0 rings (SSSR count). The Morgan fingerprint density at radius 2 is 0.577 bits per heavy atom. The summed E-state index contributed by atoms with van der Waals surface area (Å²) in [6, 6.07) is 0. The highest BCUT2D eigenvalue weighted by atomic mass is 31.2. The molecule has 52 heavy (non-hydrogen) atoms. The smallest absolute Gasteiger partial charge is 0.297 e. The number of hydrogen-bond acceptors (Lipinski definition) is 12. The molecular formula is C32H68N4O12P4. The lowest BCUT2D eigenvalue weighted by Gasteiger charge is -2.32. The summed E-state index contributed by atoms with van der Waals surface area (Å²) in [6.07, 6.45) is 7.66. The monoisotopic (exact) mass is 824 g/mol. The van der Waals surface area contributed by atoms with Crippen molar-refractivity contribution in [2.45, 2.75) is 68.2 Å². The van der Waals surface area contributed by atoms with Gasteiger partial charge in [0.05, 0.1) is 52.9 Å². The van der Waals surface area contributed by atoms with Crippen molar-refractivity contribution in [3.8, 4) is 0 Å². The Labute approximate surface area is 314 Å². The maximum atomic E-state index is 14.0. The van der Waals surface area contributed by atoms with Gasteiger partial charge in [0.2, 0.25) is 0 Å². The summed E-state index contributed by atoms with van der Waals surface area (Å²) < 4.78 is 106. The van der Waals surface area contributed by atoms with E-state index in [-0.39, 0.29) is 92.1 Å². The second-order valence-corrected chi connectivity index (χ2v) is 18.7. The molecule has 0 amide bonds. The third kappa shape index (κ3) is 18.1. The fourth-order valence-corrected chi connectivity index (χ4v) is 11.9. The van der Waals surface area contributed by atoms with Gasteiger partial charge >= 0.3 is 31.0 Å². The van der Waals surface area contributed by atoms with E-state index < -0.39 is 31.0 Å². The van der Waals surface area contributed by atoms with Crippen molar-refractivity contribution < 1.29 is 54.5 Å². The number of nitrogens with zero attached hydrogens (tertiary/aromatic N) is 4. The molecule has 0 aliphatic rings. The molecule has 0 aromatic carbocycles. The van der Waals surface area contributed by atoms with Crippen LogP contribution in [0.4, 0.5) is 0 Å². The molecule has 0 heterocycles. The van der Waals surface area contributed by atoms with Crippen LogP contribution in [0.3, 0.4) is 0 Å². The fraction of sp³-hybridized carbons (Fsp3) is 0.812.